The van der Waals surface area contributed by atoms with E-state index in [2.05, 4.69) is 0 Å². The molecule has 0 aliphatic rings. The van der Waals surface area contributed by atoms with Gasteiger partial charge in [0, 0.05) is 67.1 Å². The van der Waals surface area contributed by atoms with Crippen LogP contribution in [0, 0.1) is 0 Å². The summed E-state index contributed by atoms with van der Waals surface area (Å²) in [7, 11) is 0. The summed E-state index contributed by atoms with van der Waals surface area (Å²) >= 11 is 0. The van der Waals surface area contributed by atoms with Gasteiger partial charge in [0.2, 0.25) is 0 Å². The maximum Gasteiger partial charge on any atom is 0 e. The molecule has 0 saturated heterocycles. The topological polar surface area (TPSA) is 0 Å². The second-order valence-corrected chi connectivity index (χ2v) is 0. The Bertz CT molecular complexity index is 3.25. The average Bonchev–Trinajstić information content (AvgIpc) is 0. The normalized spacial score (nSPS) is 0. The molecule has 0 heterocycles. The largest absolute Gasteiger partial charge is 0 e. The molecule has 0 unspecified atom stereocenters. The Morgan fingerprint density at radius 3 is 0.500 bits per heavy atom. The Hall–Kier alpha value is 2.02. The number of rotatable bonds is 0. The van der Waals surface area contributed by atoms with Gasteiger partial charge in [-0.25, -0.2) is 0 Å². The minimum absolute atomic E-state index is 0. The van der Waals surface area contributed by atoms with Gasteiger partial charge >= 0.3 is 0 Å². The molecule has 0 aliphatic carbocycles. The summed E-state index contributed by atoms with van der Waals surface area (Å²) in [5, 5.41) is 0. The van der Waals surface area contributed by atoms with E-state index >= 15 is 0 Å². The molecular weight excluding hydrogens is 249 g/mol. The zero-order chi connectivity index (χ0) is 0. The third-order valence-corrected chi connectivity index (χ3v) is 0. The van der Waals surface area contributed by atoms with E-state index in [4.69, 9.17) is 0 Å². The van der Waals surface area contributed by atoms with Crippen molar-refractivity contribution in [3.63, 3.8) is 0 Å². The molecule has 0 aromatic carbocycles. The third kappa shape index (κ3) is 8.98. The predicted octanol–water partition coefficient (Wildman–Crippen LogP) is -0.388. The van der Waals surface area contributed by atoms with Crippen LogP contribution in [-0.2, 0) is 49.5 Å². The van der Waals surface area contributed by atoms with E-state index in [1.54, 1.807) is 0 Å². The van der Waals surface area contributed by atoms with E-state index in [1.165, 1.54) is 0 Å². The fourth-order valence-electron chi connectivity index (χ4n) is 0. The first kappa shape index (κ1) is 37.1. The van der Waals surface area contributed by atoms with Gasteiger partial charge in [-0.3, -0.25) is 0 Å². The third-order valence-electron chi connectivity index (χ3n) is 0. The van der Waals surface area contributed by atoms with Crippen LogP contribution in [0.4, 0.5) is 0 Å². The fraction of sp³-hybridized carbons (Fsp3) is 0. The molecule has 4 heteroatoms. The minimum atomic E-state index is 0. The van der Waals surface area contributed by atoms with Crippen molar-refractivity contribution in [3.05, 3.63) is 0 Å². The van der Waals surface area contributed by atoms with Crippen molar-refractivity contribution in [3.8, 4) is 0 Å². The van der Waals surface area contributed by atoms with Crippen molar-refractivity contribution in [1.29, 1.82) is 0 Å². The Morgan fingerprint density at radius 1 is 0.500 bits per heavy atom. The molecule has 0 atom stereocenters. The molecule has 0 rings (SSSR count). The van der Waals surface area contributed by atoms with Crippen molar-refractivity contribution in [2.45, 2.75) is 0 Å². The second kappa shape index (κ2) is 19.9. The maximum atomic E-state index is 0. The fourth-order valence-corrected chi connectivity index (χ4v) is 0. The van der Waals surface area contributed by atoms with Crippen LogP contribution in [0.1, 0.15) is 0 Å². The van der Waals surface area contributed by atoms with Crippen LogP contribution in [0.15, 0.2) is 0 Å². The van der Waals surface area contributed by atoms with Gasteiger partial charge in [0.1, 0.15) is 0 Å². The Balaban J connectivity index is 0. The smallest absolute Gasteiger partial charge is 0 e. The first-order valence-electron chi connectivity index (χ1n) is 0. The van der Waals surface area contributed by atoms with Crippen molar-refractivity contribution >= 4 is 17.6 Å². The zero-order valence-corrected chi connectivity index (χ0v) is 6.51. The Labute approximate surface area is 66.6 Å². The summed E-state index contributed by atoms with van der Waals surface area (Å²) in [4.78, 5) is 0. The molecule has 0 N–H and O–H groups in total. The quantitative estimate of drug-likeness (QED) is 0.513. The van der Waals surface area contributed by atoms with Crippen LogP contribution in [0.25, 0.3) is 0 Å². The molecule has 0 aromatic heterocycles. The van der Waals surface area contributed by atoms with Crippen LogP contribution in [0.3, 0.4) is 0 Å². The van der Waals surface area contributed by atoms with Gasteiger partial charge in [0.25, 0.3) is 0 Å². The molecule has 0 saturated carbocycles. The summed E-state index contributed by atoms with van der Waals surface area (Å²) in [6.45, 7) is 0. The van der Waals surface area contributed by atoms with Crippen molar-refractivity contribution in [1.82, 2.24) is 0 Å². The van der Waals surface area contributed by atoms with E-state index < -0.39 is 0 Å². The molecule has 0 nitrogen and oxygen atoms in total. The van der Waals surface area contributed by atoms with Gasteiger partial charge in [-0.1, -0.05) is 0 Å². The predicted molar refractivity (Wildman–Crippen MR) is 5.75 cm³/mol. The molecule has 0 spiro atoms. The maximum absolute atomic E-state index is 0. The van der Waals surface area contributed by atoms with Crippen LogP contribution in [0.2, 0.25) is 0 Å². The molecule has 0 bridgehead atoms. The van der Waals surface area contributed by atoms with Gasteiger partial charge in [-0.15, -0.1) is 0 Å². The average molecular weight is 249 g/mol. The van der Waals surface area contributed by atoms with Crippen molar-refractivity contribution in [2.24, 2.45) is 0 Å². The first-order chi connectivity index (χ1) is 0. The molecule has 4 radical (unpaired) electrons. The molecule has 0 amide bonds. The van der Waals surface area contributed by atoms with E-state index in [0.717, 1.165) is 0 Å². The molecular formula is GeNi3. The second-order valence-electron chi connectivity index (χ2n) is 0. The van der Waals surface area contributed by atoms with E-state index in [1.807, 2.05) is 0 Å². The summed E-state index contributed by atoms with van der Waals surface area (Å²) in [5.41, 5.74) is 0. The van der Waals surface area contributed by atoms with Crippen molar-refractivity contribution in [2.75, 3.05) is 0 Å². The summed E-state index contributed by atoms with van der Waals surface area (Å²) in [5.74, 6) is 0. The number of hydrogen-bond acceptors (Lipinski definition) is 0. The van der Waals surface area contributed by atoms with Crippen molar-refractivity contribution < 1.29 is 49.5 Å². The van der Waals surface area contributed by atoms with E-state index in [9.17, 15) is 0 Å². The Morgan fingerprint density at radius 2 is 0.500 bits per heavy atom. The molecule has 0 fully saturated rings. The minimum Gasteiger partial charge on any atom is 0 e. The van der Waals surface area contributed by atoms with Gasteiger partial charge in [0.05, 0.1) is 0 Å². The zero-order valence-electron chi connectivity index (χ0n) is 1.45. The van der Waals surface area contributed by atoms with Gasteiger partial charge in [0.15, 0.2) is 0 Å². The van der Waals surface area contributed by atoms with Crippen LogP contribution < -0.4 is 0 Å². The standard InChI is InChI=1S/Ge.3Ni. The van der Waals surface area contributed by atoms with Crippen LogP contribution in [-0.4, -0.2) is 17.6 Å². The summed E-state index contributed by atoms with van der Waals surface area (Å²) < 4.78 is 0. The molecule has 0 aromatic rings. The summed E-state index contributed by atoms with van der Waals surface area (Å²) in [6.07, 6.45) is 0. The summed E-state index contributed by atoms with van der Waals surface area (Å²) in [6, 6.07) is 0. The number of hydrogen-bond donors (Lipinski definition) is 0. The van der Waals surface area contributed by atoms with Crippen LogP contribution in [0.5, 0.6) is 0 Å². The molecule has 0 aliphatic heterocycles. The first-order valence-corrected chi connectivity index (χ1v) is 0. The molecule has 34 valence electrons. The Kier molecular flexibility index (Phi) is 184. The van der Waals surface area contributed by atoms with E-state index in [0.29, 0.717) is 0 Å². The van der Waals surface area contributed by atoms with Gasteiger partial charge < -0.3 is 0 Å². The van der Waals surface area contributed by atoms with Gasteiger partial charge in [-0.05, 0) is 0 Å². The van der Waals surface area contributed by atoms with Crippen LogP contribution >= 0.6 is 0 Å². The SMILES string of the molecule is [Ge].[Ni].[Ni].[Ni]. The van der Waals surface area contributed by atoms with Gasteiger partial charge in [-0.2, -0.15) is 0 Å². The van der Waals surface area contributed by atoms with E-state index in [-0.39, 0.29) is 67.1 Å². The monoisotopic (exact) mass is 248 g/mol. The molecule has 4 heavy (non-hydrogen) atoms.